The van der Waals surface area contributed by atoms with E-state index in [1.165, 1.54) is 6.92 Å². The van der Waals surface area contributed by atoms with Crippen LogP contribution in [0.5, 0.6) is 0 Å². The van der Waals surface area contributed by atoms with Crippen molar-refractivity contribution >= 4 is 31.3 Å². The Morgan fingerprint density at radius 3 is 2.40 bits per heavy atom. The molecule has 1 heterocycles. The molecule has 1 rings (SSSR count). The topological polar surface area (TPSA) is 47.0 Å². The van der Waals surface area contributed by atoms with Gasteiger partial charge in [0.25, 0.3) is 15.5 Å². The number of hydrogen-bond donors (Lipinski definition) is 0. The first-order valence-corrected chi connectivity index (χ1v) is 6.32. The van der Waals surface area contributed by atoms with Crippen LogP contribution in [-0.2, 0) is 9.05 Å². The van der Waals surface area contributed by atoms with E-state index >= 15 is 0 Å². The maximum atomic E-state index is 12.5. The standard InChI is InChI=1S/C7H5Cl2F2NO2S/c1-3-2-4(8)5(6(10)11)7(12-3)15(9,13)14/h2,6H,1H3. The summed E-state index contributed by atoms with van der Waals surface area (Å²) in [6.07, 6.45) is -3.05. The van der Waals surface area contributed by atoms with Crippen molar-refractivity contribution in [3.05, 3.63) is 22.3 Å². The van der Waals surface area contributed by atoms with Gasteiger partial charge in [0.1, 0.15) is 0 Å². The van der Waals surface area contributed by atoms with Crippen LogP contribution in [0.2, 0.25) is 5.02 Å². The van der Waals surface area contributed by atoms with Crippen LogP contribution >= 0.6 is 22.3 Å². The number of aryl methyl sites for hydroxylation is 1. The van der Waals surface area contributed by atoms with Crippen molar-refractivity contribution in [3.8, 4) is 0 Å². The summed E-state index contributed by atoms with van der Waals surface area (Å²) in [5.74, 6) is 0. The van der Waals surface area contributed by atoms with E-state index in [2.05, 4.69) is 4.98 Å². The summed E-state index contributed by atoms with van der Waals surface area (Å²) in [6.45, 7) is 1.42. The lowest BCUT2D eigenvalue weighted by atomic mass is 10.2. The quantitative estimate of drug-likeness (QED) is 0.780. The second-order valence-corrected chi connectivity index (χ2v) is 5.59. The zero-order chi connectivity index (χ0) is 11.8. The summed E-state index contributed by atoms with van der Waals surface area (Å²) in [6, 6.07) is 1.15. The predicted octanol–water partition coefficient (Wildman–Crippen LogP) is 2.91. The largest absolute Gasteiger partial charge is 0.279 e. The van der Waals surface area contributed by atoms with Crippen LogP contribution < -0.4 is 0 Å². The molecule has 15 heavy (non-hydrogen) atoms. The van der Waals surface area contributed by atoms with E-state index in [0.717, 1.165) is 6.07 Å². The van der Waals surface area contributed by atoms with E-state index in [4.69, 9.17) is 22.3 Å². The van der Waals surface area contributed by atoms with E-state index in [1.54, 1.807) is 0 Å². The third kappa shape index (κ3) is 2.76. The van der Waals surface area contributed by atoms with Gasteiger partial charge in [0.05, 0.1) is 10.6 Å². The second-order valence-electron chi connectivity index (χ2n) is 2.70. The normalized spacial score (nSPS) is 12.1. The molecule has 1 aromatic rings. The minimum absolute atomic E-state index is 0.198. The van der Waals surface area contributed by atoms with Gasteiger partial charge in [-0.25, -0.2) is 22.2 Å². The molecule has 0 spiro atoms. The third-order valence-electron chi connectivity index (χ3n) is 1.55. The van der Waals surface area contributed by atoms with Crippen LogP contribution in [0.4, 0.5) is 8.78 Å². The van der Waals surface area contributed by atoms with Crippen molar-refractivity contribution in [3.63, 3.8) is 0 Å². The van der Waals surface area contributed by atoms with E-state index in [9.17, 15) is 17.2 Å². The van der Waals surface area contributed by atoms with Crippen LogP contribution in [0, 0.1) is 6.92 Å². The molecular formula is C7H5Cl2F2NO2S. The fraction of sp³-hybridized carbons (Fsp3) is 0.286. The van der Waals surface area contributed by atoms with E-state index in [0.29, 0.717) is 0 Å². The van der Waals surface area contributed by atoms with Gasteiger partial charge >= 0.3 is 0 Å². The molecule has 0 saturated heterocycles. The molecule has 0 bridgehead atoms. The Bertz CT molecular complexity index is 490. The Kier molecular flexibility index (Phi) is 3.52. The molecular weight excluding hydrogens is 271 g/mol. The Labute approximate surface area is 94.4 Å². The van der Waals surface area contributed by atoms with Crippen molar-refractivity contribution in [2.75, 3.05) is 0 Å². The highest BCUT2D eigenvalue weighted by Crippen LogP contribution is 2.33. The van der Waals surface area contributed by atoms with Gasteiger partial charge in [-0.3, -0.25) is 0 Å². The molecule has 0 amide bonds. The fourth-order valence-corrected chi connectivity index (χ4v) is 2.45. The Morgan fingerprint density at radius 1 is 1.47 bits per heavy atom. The van der Waals surface area contributed by atoms with Crippen molar-refractivity contribution in [2.45, 2.75) is 18.4 Å². The van der Waals surface area contributed by atoms with Crippen LogP contribution in [0.1, 0.15) is 17.7 Å². The number of aromatic nitrogens is 1. The van der Waals surface area contributed by atoms with Crippen LogP contribution in [0.15, 0.2) is 11.1 Å². The fourth-order valence-electron chi connectivity index (χ4n) is 0.999. The lowest BCUT2D eigenvalue weighted by molar-refractivity contribution is 0.147. The van der Waals surface area contributed by atoms with E-state index in [1.807, 2.05) is 0 Å². The maximum absolute atomic E-state index is 12.5. The Morgan fingerprint density at radius 2 is 2.00 bits per heavy atom. The number of pyridine rings is 1. The zero-order valence-corrected chi connectivity index (χ0v) is 9.67. The summed E-state index contributed by atoms with van der Waals surface area (Å²) >= 11 is 5.49. The van der Waals surface area contributed by atoms with Gasteiger partial charge in [-0.05, 0) is 13.0 Å². The predicted molar refractivity (Wildman–Crippen MR) is 52.0 cm³/mol. The van der Waals surface area contributed by atoms with Gasteiger partial charge in [-0.15, -0.1) is 0 Å². The molecule has 0 saturated carbocycles. The maximum Gasteiger partial charge on any atom is 0.279 e. The van der Waals surface area contributed by atoms with Gasteiger partial charge in [0.15, 0.2) is 5.03 Å². The zero-order valence-electron chi connectivity index (χ0n) is 7.34. The van der Waals surface area contributed by atoms with Crippen LogP contribution in [0.25, 0.3) is 0 Å². The summed E-state index contributed by atoms with van der Waals surface area (Å²) in [5.41, 5.74) is -0.666. The van der Waals surface area contributed by atoms with E-state index < -0.39 is 26.1 Å². The van der Waals surface area contributed by atoms with Crippen molar-refractivity contribution in [1.29, 1.82) is 0 Å². The second kappa shape index (κ2) is 4.19. The van der Waals surface area contributed by atoms with Gasteiger partial charge in [0.2, 0.25) is 0 Å². The highest BCUT2D eigenvalue weighted by atomic mass is 35.7. The van der Waals surface area contributed by atoms with Gasteiger partial charge in [0, 0.05) is 16.4 Å². The molecule has 84 valence electrons. The third-order valence-corrected chi connectivity index (χ3v) is 3.07. The molecule has 0 fully saturated rings. The van der Waals surface area contributed by atoms with Crippen molar-refractivity contribution < 1.29 is 17.2 Å². The smallest absolute Gasteiger partial charge is 0.240 e. The van der Waals surface area contributed by atoms with E-state index in [-0.39, 0.29) is 10.7 Å². The molecule has 0 atom stereocenters. The monoisotopic (exact) mass is 275 g/mol. The number of halogens is 4. The molecule has 8 heteroatoms. The summed E-state index contributed by atoms with van der Waals surface area (Å²) < 4.78 is 47.0. The molecule has 3 nitrogen and oxygen atoms in total. The van der Waals surface area contributed by atoms with Crippen molar-refractivity contribution in [1.82, 2.24) is 4.98 Å². The highest BCUT2D eigenvalue weighted by Gasteiger charge is 2.26. The lowest BCUT2D eigenvalue weighted by Gasteiger charge is -2.08. The highest BCUT2D eigenvalue weighted by molar-refractivity contribution is 8.13. The molecule has 0 aliphatic heterocycles. The molecule has 0 aliphatic carbocycles. The minimum atomic E-state index is -4.33. The van der Waals surface area contributed by atoms with Crippen LogP contribution in [-0.4, -0.2) is 13.4 Å². The summed E-state index contributed by atoms with van der Waals surface area (Å²) in [7, 11) is 0.643. The van der Waals surface area contributed by atoms with Crippen LogP contribution in [0.3, 0.4) is 0 Å². The lowest BCUT2D eigenvalue weighted by Crippen LogP contribution is -2.04. The Balaban J connectivity index is 3.62. The van der Waals surface area contributed by atoms with Gasteiger partial charge in [-0.2, -0.15) is 0 Å². The van der Waals surface area contributed by atoms with Crippen molar-refractivity contribution in [2.24, 2.45) is 0 Å². The number of nitrogens with zero attached hydrogens (tertiary/aromatic N) is 1. The molecule has 1 aromatic heterocycles. The first-order valence-electron chi connectivity index (χ1n) is 3.63. The molecule has 0 unspecified atom stereocenters. The summed E-state index contributed by atoms with van der Waals surface area (Å²) in [4.78, 5) is 3.44. The minimum Gasteiger partial charge on any atom is -0.240 e. The average molecular weight is 276 g/mol. The molecule has 0 aromatic carbocycles. The average Bonchev–Trinajstić information content (AvgIpc) is 1.99. The first kappa shape index (κ1) is 12.6. The SMILES string of the molecule is Cc1cc(Cl)c(C(F)F)c(S(=O)(=O)Cl)n1. The first-order chi connectivity index (χ1) is 6.73. The number of rotatable bonds is 2. The summed E-state index contributed by atoms with van der Waals surface area (Å²) in [5, 5.41) is -1.25. The molecule has 0 radical (unpaired) electrons. The van der Waals surface area contributed by atoms with Gasteiger partial charge in [-0.1, -0.05) is 11.6 Å². The van der Waals surface area contributed by atoms with Gasteiger partial charge < -0.3 is 0 Å². The molecule has 0 aliphatic rings. The number of alkyl halides is 2. The molecule has 0 N–H and O–H groups in total. The number of hydrogen-bond acceptors (Lipinski definition) is 3. The Hall–Kier alpha value is -0.460.